The minimum atomic E-state index is -0.808. The Morgan fingerprint density at radius 1 is 1.11 bits per heavy atom. The molecule has 1 atom stereocenters. The number of likely N-dealkylation sites (N-methyl/N-ethyl adjacent to an activating group) is 1. The molecule has 0 spiro atoms. The Hall–Kier alpha value is -3.97. The molecule has 2 heterocycles. The van der Waals surface area contributed by atoms with Gasteiger partial charge in [-0.1, -0.05) is 41.9 Å². The quantitative estimate of drug-likeness (QED) is 0.305. The summed E-state index contributed by atoms with van der Waals surface area (Å²) in [6.45, 7) is 1.39. The van der Waals surface area contributed by atoms with Crippen LogP contribution in [0.3, 0.4) is 0 Å². The van der Waals surface area contributed by atoms with E-state index in [1.807, 2.05) is 30.1 Å². The number of halogens is 1. The number of methoxy groups -OCH3 is 1. The van der Waals surface area contributed by atoms with Crippen LogP contribution in [-0.4, -0.2) is 49.0 Å². The number of para-hydroxylation sites is 1. The first-order valence-corrected chi connectivity index (χ1v) is 11.9. The predicted octanol–water partition coefficient (Wildman–Crippen LogP) is 4.80. The van der Waals surface area contributed by atoms with Crippen LogP contribution in [0.2, 0.25) is 5.02 Å². The number of ether oxygens (including phenoxy) is 2. The number of anilines is 1. The third-order valence-corrected chi connectivity index (χ3v) is 6.84. The summed E-state index contributed by atoms with van der Waals surface area (Å²) in [7, 11) is 3.49. The van der Waals surface area contributed by atoms with Gasteiger partial charge in [0.25, 0.3) is 11.7 Å². The van der Waals surface area contributed by atoms with Gasteiger partial charge >= 0.3 is 0 Å². The Bertz CT molecular complexity index is 1370. The maximum Gasteiger partial charge on any atom is 0.295 e. The molecule has 7 nitrogen and oxygen atoms in total. The lowest BCUT2D eigenvalue weighted by molar-refractivity contribution is -0.140. The zero-order valence-corrected chi connectivity index (χ0v) is 20.7. The number of hydrogen-bond donors (Lipinski definition) is 1. The van der Waals surface area contributed by atoms with Crippen molar-refractivity contribution in [3.8, 4) is 11.5 Å². The Morgan fingerprint density at radius 3 is 2.61 bits per heavy atom. The lowest BCUT2D eigenvalue weighted by atomic mass is 9.95. The van der Waals surface area contributed by atoms with Crippen molar-refractivity contribution in [1.29, 1.82) is 0 Å². The Morgan fingerprint density at radius 2 is 1.86 bits per heavy atom. The van der Waals surface area contributed by atoms with Gasteiger partial charge in [-0.05, 0) is 42.0 Å². The number of aliphatic hydroxyl groups excluding tert-OH is 1. The van der Waals surface area contributed by atoms with E-state index >= 15 is 0 Å². The number of benzene rings is 3. The van der Waals surface area contributed by atoms with Crippen molar-refractivity contribution in [2.45, 2.75) is 12.6 Å². The van der Waals surface area contributed by atoms with Crippen molar-refractivity contribution in [1.82, 2.24) is 4.90 Å². The van der Waals surface area contributed by atoms with Crippen molar-refractivity contribution in [2.24, 2.45) is 0 Å². The maximum atomic E-state index is 13.4. The van der Waals surface area contributed by atoms with Crippen molar-refractivity contribution in [2.75, 3.05) is 32.2 Å². The van der Waals surface area contributed by atoms with E-state index in [4.69, 9.17) is 21.1 Å². The molecule has 1 unspecified atom stereocenters. The van der Waals surface area contributed by atoms with Crippen LogP contribution in [0, 0.1) is 0 Å². The monoisotopic (exact) mass is 504 g/mol. The molecule has 0 bridgehead atoms. The Balaban J connectivity index is 1.64. The summed E-state index contributed by atoms with van der Waals surface area (Å²) in [5.74, 6) is -0.374. The topological polar surface area (TPSA) is 79.3 Å². The summed E-state index contributed by atoms with van der Waals surface area (Å²) >= 11 is 6.12. The number of rotatable bonds is 5. The van der Waals surface area contributed by atoms with Crippen LogP contribution in [0.15, 0.2) is 72.3 Å². The first-order chi connectivity index (χ1) is 17.4. The average Bonchev–Trinajstić information content (AvgIpc) is 3.14. The smallest absolute Gasteiger partial charge is 0.295 e. The molecule has 3 aromatic rings. The maximum absolute atomic E-state index is 13.4. The van der Waals surface area contributed by atoms with E-state index in [0.717, 1.165) is 11.3 Å². The summed E-state index contributed by atoms with van der Waals surface area (Å²) in [5, 5.41) is 12.0. The molecular weight excluding hydrogens is 480 g/mol. The zero-order valence-electron chi connectivity index (χ0n) is 19.9. The Labute approximate surface area is 214 Å². The minimum absolute atomic E-state index is 0.0246. The highest BCUT2D eigenvalue weighted by molar-refractivity contribution is 6.46. The highest BCUT2D eigenvalue weighted by Crippen LogP contribution is 2.42. The van der Waals surface area contributed by atoms with Gasteiger partial charge in [0, 0.05) is 23.2 Å². The van der Waals surface area contributed by atoms with Gasteiger partial charge in [0.15, 0.2) is 0 Å². The predicted molar refractivity (Wildman–Crippen MR) is 137 cm³/mol. The molecular formula is C28H25ClN2O5. The highest BCUT2D eigenvalue weighted by atomic mass is 35.5. The number of fused-ring (bicyclic) bond motifs is 1. The molecule has 3 aromatic carbocycles. The van der Waals surface area contributed by atoms with Crippen molar-refractivity contribution >= 4 is 34.7 Å². The molecule has 1 amide bonds. The second-order valence-corrected chi connectivity index (χ2v) is 9.18. The molecule has 184 valence electrons. The average molecular weight is 505 g/mol. The minimum Gasteiger partial charge on any atom is -0.507 e. The second-order valence-electron chi connectivity index (χ2n) is 8.74. The van der Waals surface area contributed by atoms with E-state index in [1.54, 1.807) is 55.6 Å². The summed E-state index contributed by atoms with van der Waals surface area (Å²) in [6.07, 6.45) is 0. The van der Waals surface area contributed by atoms with Crippen molar-refractivity contribution < 1.29 is 24.2 Å². The molecule has 0 radical (unpaired) electrons. The van der Waals surface area contributed by atoms with Crippen LogP contribution in [0.25, 0.3) is 5.76 Å². The van der Waals surface area contributed by atoms with Gasteiger partial charge in [0.2, 0.25) is 0 Å². The number of carbonyl (C=O) groups excluding carboxylic acids is 2. The second kappa shape index (κ2) is 9.59. The largest absolute Gasteiger partial charge is 0.507 e. The van der Waals surface area contributed by atoms with Gasteiger partial charge in [0.05, 0.1) is 37.5 Å². The van der Waals surface area contributed by atoms with E-state index in [0.29, 0.717) is 40.8 Å². The standard InChI is InChI=1S/C28H25ClN2O5/c1-30-13-14-36-23-12-9-18(15-21(23)30)26(32)24-25(17-7-10-20(29)11-8-17)31(28(34)27(24)33)16-19-5-3-4-6-22(19)35-2/h3-12,15,25,32H,13-14,16H2,1-2H3/b26-24-. The highest BCUT2D eigenvalue weighted by Gasteiger charge is 2.46. The molecule has 0 saturated carbocycles. The van der Waals surface area contributed by atoms with Crippen LogP contribution in [0.1, 0.15) is 22.7 Å². The van der Waals surface area contributed by atoms with Crippen LogP contribution in [-0.2, 0) is 16.1 Å². The number of amides is 1. The van der Waals surface area contributed by atoms with E-state index in [1.165, 1.54) is 4.90 Å². The lowest BCUT2D eigenvalue weighted by Gasteiger charge is -2.28. The van der Waals surface area contributed by atoms with Gasteiger partial charge < -0.3 is 24.4 Å². The first-order valence-electron chi connectivity index (χ1n) is 11.5. The summed E-state index contributed by atoms with van der Waals surface area (Å²) in [4.78, 5) is 30.2. The number of ketones is 1. The summed E-state index contributed by atoms with van der Waals surface area (Å²) < 4.78 is 11.2. The normalized spacial score (nSPS) is 18.7. The van der Waals surface area contributed by atoms with Crippen LogP contribution in [0.5, 0.6) is 11.5 Å². The molecule has 1 saturated heterocycles. The van der Waals surface area contributed by atoms with E-state index < -0.39 is 17.7 Å². The number of hydrogen-bond acceptors (Lipinski definition) is 6. The number of nitrogens with zero attached hydrogens (tertiary/aromatic N) is 2. The molecule has 1 N–H and O–H groups in total. The molecule has 0 aliphatic carbocycles. The van der Waals surface area contributed by atoms with Gasteiger partial charge in [-0.15, -0.1) is 0 Å². The van der Waals surface area contributed by atoms with Crippen molar-refractivity contribution in [3.63, 3.8) is 0 Å². The SMILES string of the molecule is COc1ccccc1CN1C(=O)C(=O)/C(=C(\O)c2ccc3c(c2)N(C)CCO3)C1c1ccc(Cl)cc1. The van der Waals surface area contributed by atoms with Gasteiger partial charge in [-0.25, -0.2) is 0 Å². The first kappa shape index (κ1) is 23.8. The third kappa shape index (κ3) is 4.16. The molecule has 0 aromatic heterocycles. The summed E-state index contributed by atoms with van der Waals surface area (Å²) in [5.41, 5.74) is 2.66. The molecule has 2 aliphatic rings. The molecule has 5 rings (SSSR count). The molecule has 2 aliphatic heterocycles. The van der Waals surface area contributed by atoms with Gasteiger partial charge in [-0.3, -0.25) is 9.59 Å². The lowest BCUT2D eigenvalue weighted by Crippen LogP contribution is -2.29. The fourth-order valence-corrected chi connectivity index (χ4v) is 4.83. The van der Waals surface area contributed by atoms with Gasteiger partial charge in [0.1, 0.15) is 23.9 Å². The zero-order chi connectivity index (χ0) is 25.4. The van der Waals surface area contributed by atoms with Crippen LogP contribution >= 0.6 is 11.6 Å². The molecule has 36 heavy (non-hydrogen) atoms. The Kier molecular flexibility index (Phi) is 6.33. The molecule has 1 fully saturated rings. The van der Waals surface area contributed by atoms with E-state index in [9.17, 15) is 14.7 Å². The van der Waals surface area contributed by atoms with Crippen LogP contribution in [0.4, 0.5) is 5.69 Å². The summed E-state index contributed by atoms with van der Waals surface area (Å²) in [6, 6.07) is 18.7. The number of aliphatic hydroxyl groups is 1. The van der Waals surface area contributed by atoms with Crippen molar-refractivity contribution in [3.05, 3.63) is 94.0 Å². The van der Waals surface area contributed by atoms with Crippen LogP contribution < -0.4 is 14.4 Å². The number of likely N-dealkylation sites (tertiary alicyclic amines) is 1. The third-order valence-electron chi connectivity index (χ3n) is 6.59. The van der Waals surface area contributed by atoms with E-state index in [-0.39, 0.29) is 17.9 Å². The van der Waals surface area contributed by atoms with Gasteiger partial charge in [-0.2, -0.15) is 0 Å². The fourth-order valence-electron chi connectivity index (χ4n) is 4.71. The fraction of sp³-hybridized carbons (Fsp3) is 0.214. The number of carbonyl (C=O) groups is 2. The van der Waals surface area contributed by atoms with E-state index in [2.05, 4.69) is 0 Å². The number of Topliss-reactive ketones (excluding diaryl/α,β-unsaturated/α-hetero) is 1. The molecule has 8 heteroatoms.